The number of hydrogen-bond donors (Lipinski definition) is 1. The van der Waals surface area contributed by atoms with Crippen molar-refractivity contribution in [1.29, 1.82) is 0 Å². The van der Waals surface area contributed by atoms with Gasteiger partial charge in [-0.2, -0.15) is 0 Å². The Morgan fingerprint density at radius 3 is 2.56 bits per heavy atom. The standard InChI is InChI=1S/C24H32N4O4/c1-4-31-21-15-19(24(30)26-16-18-10-11-25-22(14-18)27(2)3)8-9-20(21)32-17-23(29)28-12-6-5-7-13-28/h8-11,14-15H,4-7,12-13,16-17H2,1-3H3,(H,26,30). The molecular weight excluding hydrogens is 408 g/mol. The summed E-state index contributed by atoms with van der Waals surface area (Å²) in [6.07, 6.45) is 4.97. The number of nitrogens with zero attached hydrogens (tertiary/aromatic N) is 3. The molecule has 1 fully saturated rings. The van der Waals surface area contributed by atoms with Crippen molar-refractivity contribution in [2.75, 3.05) is 45.3 Å². The van der Waals surface area contributed by atoms with E-state index in [2.05, 4.69) is 10.3 Å². The van der Waals surface area contributed by atoms with Crippen molar-refractivity contribution in [3.63, 3.8) is 0 Å². The van der Waals surface area contributed by atoms with Gasteiger partial charge >= 0.3 is 0 Å². The highest BCUT2D eigenvalue weighted by Gasteiger charge is 2.18. The van der Waals surface area contributed by atoms with Crippen molar-refractivity contribution in [3.8, 4) is 11.5 Å². The number of likely N-dealkylation sites (tertiary alicyclic amines) is 1. The number of aromatic nitrogens is 1. The number of hydrogen-bond acceptors (Lipinski definition) is 6. The third-order valence-electron chi connectivity index (χ3n) is 5.29. The molecule has 1 aromatic heterocycles. The lowest BCUT2D eigenvalue weighted by molar-refractivity contribution is -0.134. The Kier molecular flexibility index (Phi) is 8.30. The van der Waals surface area contributed by atoms with Crippen molar-refractivity contribution < 1.29 is 19.1 Å². The summed E-state index contributed by atoms with van der Waals surface area (Å²) in [5.41, 5.74) is 1.42. The predicted molar refractivity (Wildman–Crippen MR) is 123 cm³/mol. The molecule has 3 rings (SSSR count). The summed E-state index contributed by atoms with van der Waals surface area (Å²) in [7, 11) is 3.84. The zero-order chi connectivity index (χ0) is 22.9. The average Bonchev–Trinajstić information content (AvgIpc) is 2.82. The van der Waals surface area contributed by atoms with Gasteiger partial charge in [0.1, 0.15) is 5.82 Å². The molecule has 2 amide bonds. The zero-order valence-electron chi connectivity index (χ0n) is 19.1. The summed E-state index contributed by atoms with van der Waals surface area (Å²) in [6, 6.07) is 8.81. The van der Waals surface area contributed by atoms with E-state index in [1.165, 1.54) is 6.42 Å². The van der Waals surface area contributed by atoms with Crippen LogP contribution in [0.5, 0.6) is 11.5 Å². The number of ether oxygens (including phenoxy) is 2. The number of carbonyl (C=O) groups is 2. The average molecular weight is 441 g/mol. The van der Waals surface area contributed by atoms with E-state index in [0.29, 0.717) is 30.2 Å². The van der Waals surface area contributed by atoms with Crippen LogP contribution in [0.3, 0.4) is 0 Å². The molecule has 1 aromatic carbocycles. The van der Waals surface area contributed by atoms with Gasteiger partial charge in [0.15, 0.2) is 18.1 Å². The Balaban J connectivity index is 1.61. The van der Waals surface area contributed by atoms with E-state index in [9.17, 15) is 9.59 Å². The number of amides is 2. The maximum Gasteiger partial charge on any atom is 0.260 e. The fourth-order valence-electron chi connectivity index (χ4n) is 3.51. The lowest BCUT2D eigenvalue weighted by Gasteiger charge is -2.26. The molecule has 1 N–H and O–H groups in total. The summed E-state index contributed by atoms with van der Waals surface area (Å²) in [5.74, 6) is 1.49. The summed E-state index contributed by atoms with van der Waals surface area (Å²) >= 11 is 0. The van der Waals surface area contributed by atoms with Crippen LogP contribution in [-0.2, 0) is 11.3 Å². The van der Waals surface area contributed by atoms with Gasteiger partial charge < -0.3 is 24.6 Å². The molecule has 172 valence electrons. The quantitative estimate of drug-likeness (QED) is 0.646. The van der Waals surface area contributed by atoms with Gasteiger partial charge in [-0.15, -0.1) is 0 Å². The summed E-state index contributed by atoms with van der Waals surface area (Å²) in [5, 5.41) is 2.92. The molecule has 1 aliphatic heterocycles. The molecule has 0 radical (unpaired) electrons. The first-order chi connectivity index (χ1) is 15.5. The van der Waals surface area contributed by atoms with E-state index in [0.717, 1.165) is 37.3 Å². The number of nitrogens with one attached hydrogen (secondary N) is 1. The second kappa shape index (κ2) is 11.4. The number of anilines is 1. The molecule has 0 atom stereocenters. The second-order valence-corrected chi connectivity index (χ2v) is 7.92. The molecule has 8 heteroatoms. The van der Waals surface area contributed by atoms with Gasteiger partial charge in [-0.1, -0.05) is 0 Å². The van der Waals surface area contributed by atoms with E-state index in [-0.39, 0.29) is 18.4 Å². The Morgan fingerprint density at radius 1 is 1.06 bits per heavy atom. The van der Waals surface area contributed by atoms with Crippen molar-refractivity contribution >= 4 is 17.6 Å². The fraction of sp³-hybridized carbons (Fsp3) is 0.458. The molecule has 32 heavy (non-hydrogen) atoms. The van der Waals surface area contributed by atoms with Crippen LogP contribution in [0.25, 0.3) is 0 Å². The van der Waals surface area contributed by atoms with Crippen molar-refractivity contribution in [1.82, 2.24) is 15.2 Å². The maximum atomic E-state index is 12.7. The molecule has 0 aliphatic carbocycles. The molecule has 8 nitrogen and oxygen atoms in total. The molecule has 1 aliphatic rings. The van der Waals surface area contributed by atoms with Crippen LogP contribution >= 0.6 is 0 Å². The van der Waals surface area contributed by atoms with Crippen LogP contribution in [-0.4, -0.2) is 62.1 Å². The minimum absolute atomic E-state index is 0.0246. The van der Waals surface area contributed by atoms with E-state index in [1.807, 2.05) is 43.0 Å². The molecule has 2 heterocycles. The number of pyridine rings is 1. The van der Waals surface area contributed by atoms with Crippen molar-refractivity contribution in [2.45, 2.75) is 32.7 Å². The first-order valence-electron chi connectivity index (χ1n) is 11.1. The topological polar surface area (TPSA) is 84.0 Å². The number of carbonyl (C=O) groups excluding carboxylic acids is 2. The Labute approximate surface area is 189 Å². The Morgan fingerprint density at radius 2 is 1.84 bits per heavy atom. The fourth-order valence-corrected chi connectivity index (χ4v) is 3.51. The highest BCUT2D eigenvalue weighted by atomic mass is 16.5. The first kappa shape index (κ1) is 23.4. The molecule has 0 bridgehead atoms. The highest BCUT2D eigenvalue weighted by Crippen LogP contribution is 2.29. The third kappa shape index (κ3) is 6.35. The lowest BCUT2D eigenvalue weighted by Crippen LogP contribution is -2.38. The highest BCUT2D eigenvalue weighted by molar-refractivity contribution is 5.94. The second-order valence-electron chi connectivity index (χ2n) is 7.92. The molecular formula is C24H32N4O4. The number of benzene rings is 1. The van der Waals surface area contributed by atoms with Crippen molar-refractivity contribution in [3.05, 3.63) is 47.7 Å². The minimum atomic E-state index is -0.217. The van der Waals surface area contributed by atoms with Crippen LogP contribution in [0.15, 0.2) is 36.5 Å². The zero-order valence-corrected chi connectivity index (χ0v) is 19.1. The van der Waals surface area contributed by atoms with Gasteiger partial charge in [0, 0.05) is 45.5 Å². The van der Waals surface area contributed by atoms with E-state index in [4.69, 9.17) is 9.47 Å². The predicted octanol–water partition coefficient (Wildman–Crippen LogP) is 2.87. The van der Waals surface area contributed by atoms with E-state index >= 15 is 0 Å². The molecule has 2 aromatic rings. The molecule has 0 spiro atoms. The van der Waals surface area contributed by atoms with Crippen molar-refractivity contribution in [2.24, 2.45) is 0 Å². The normalized spacial score (nSPS) is 13.4. The lowest BCUT2D eigenvalue weighted by atomic mass is 10.1. The van der Waals surface area contributed by atoms with Gasteiger partial charge in [0.05, 0.1) is 6.61 Å². The maximum absolute atomic E-state index is 12.7. The van der Waals surface area contributed by atoms with E-state index < -0.39 is 0 Å². The van der Waals surface area contributed by atoms with Crippen LogP contribution in [0.4, 0.5) is 5.82 Å². The van der Waals surface area contributed by atoms with Crippen LogP contribution < -0.4 is 19.7 Å². The Hall–Kier alpha value is -3.29. The number of piperidine rings is 1. The summed E-state index contributed by atoms with van der Waals surface area (Å²) in [6.45, 7) is 4.20. The molecule has 1 saturated heterocycles. The summed E-state index contributed by atoms with van der Waals surface area (Å²) < 4.78 is 11.4. The van der Waals surface area contributed by atoms with Gasteiger partial charge in [-0.3, -0.25) is 9.59 Å². The van der Waals surface area contributed by atoms with E-state index in [1.54, 1.807) is 24.4 Å². The van der Waals surface area contributed by atoms with Gasteiger partial charge in [-0.25, -0.2) is 4.98 Å². The Bertz CT molecular complexity index is 926. The largest absolute Gasteiger partial charge is 0.490 e. The van der Waals surface area contributed by atoms with Crippen LogP contribution in [0.1, 0.15) is 42.1 Å². The summed E-state index contributed by atoms with van der Waals surface area (Å²) in [4.78, 5) is 33.1. The van der Waals surface area contributed by atoms with Gasteiger partial charge in [0.25, 0.3) is 11.8 Å². The SMILES string of the molecule is CCOc1cc(C(=O)NCc2ccnc(N(C)C)c2)ccc1OCC(=O)N1CCCCC1. The molecule has 0 saturated carbocycles. The van der Waals surface area contributed by atoms with Gasteiger partial charge in [-0.05, 0) is 62.1 Å². The smallest absolute Gasteiger partial charge is 0.260 e. The van der Waals surface area contributed by atoms with Crippen LogP contribution in [0, 0.1) is 0 Å². The van der Waals surface area contributed by atoms with Crippen LogP contribution in [0.2, 0.25) is 0 Å². The first-order valence-corrected chi connectivity index (χ1v) is 11.1. The molecule has 0 unspecified atom stereocenters. The van der Waals surface area contributed by atoms with Gasteiger partial charge in [0.2, 0.25) is 0 Å². The monoisotopic (exact) mass is 440 g/mol. The minimum Gasteiger partial charge on any atom is -0.490 e. The third-order valence-corrected chi connectivity index (χ3v) is 5.29. The number of rotatable bonds is 9.